The van der Waals surface area contributed by atoms with Crippen LogP contribution in [0.1, 0.15) is 10.4 Å². The minimum Gasteiger partial charge on any atom is -0.439 e. The number of carbonyl (C=O) groups is 1. The molecule has 1 amide bonds. The van der Waals surface area contributed by atoms with Crippen molar-refractivity contribution in [3.63, 3.8) is 0 Å². The Kier molecular flexibility index (Phi) is 4.99. The first-order chi connectivity index (χ1) is 12.4. The number of ether oxygens (including phenoxy) is 1. The van der Waals surface area contributed by atoms with Gasteiger partial charge in [0, 0.05) is 18.5 Å². The fourth-order valence-corrected chi connectivity index (χ4v) is 3.12. The Bertz CT molecular complexity index is 1020. The number of carbonyl (C=O) groups excluding carboxylic acids is 1. The molecule has 1 N–H and O–H groups in total. The van der Waals surface area contributed by atoms with Gasteiger partial charge in [-0.05, 0) is 30.3 Å². The van der Waals surface area contributed by atoms with Gasteiger partial charge in [0.2, 0.25) is 5.88 Å². The number of pyridine rings is 1. The Balaban J connectivity index is 1.75. The number of sulfone groups is 1. The highest BCUT2D eigenvalue weighted by molar-refractivity contribution is 7.90. The quantitative estimate of drug-likeness (QED) is 0.745. The van der Waals surface area contributed by atoms with Crippen molar-refractivity contribution in [3.8, 4) is 11.6 Å². The van der Waals surface area contributed by atoms with Crippen LogP contribution in [0.15, 0.2) is 77.8 Å². The maximum absolute atomic E-state index is 12.4. The van der Waals surface area contributed by atoms with Crippen LogP contribution in [0.2, 0.25) is 0 Å². The van der Waals surface area contributed by atoms with Crippen LogP contribution in [-0.4, -0.2) is 25.6 Å². The summed E-state index contributed by atoms with van der Waals surface area (Å²) >= 11 is 0. The molecule has 0 aliphatic rings. The van der Waals surface area contributed by atoms with E-state index in [1.54, 1.807) is 36.4 Å². The molecule has 1 heterocycles. The van der Waals surface area contributed by atoms with Gasteiger partial charge in [-0.3, -0.25) is 4.79 Å². The van der Waals surface area contributed by atoms with E-state index < -0.39 is 15.7 Å². The minimum absolute atomic E-state index is 0.0605. The van der Waals surface area contributed by atoms with Crippen LogP contribution in [0.25, 0.3) is 0 Å². The van der Waals surface area contributed by atoms with Gasteiger partial charge >= 0.3 is 0 Å². The second kappa shape index (κ2) is 7.37. The highest BCUT2D eigenvalue weighted by atomic mass is 32.2. The lowest BCUT2D eigenvalue weighted by Gasteiger charge is -2.10. The van der Waals surface area contributed by atoms with Gasteiger partial charge < -0.3 is 10.1 Å². The zero-order valence-corrected chi connectivity index (χ0v) is 14.7. The van der Waals surface area contributed by atoms with Gasteiger partial charge in [-0.1, -0.05) is 30.3 Å². The first kappa shape index (κ1) is 17.6. The molecular formula is C19H16N2O4S. The smallest absolute Gasteiger partial charge is 0.257 e. The largest absolute Gasteiger partial charge is 0.439 e. The second-order valence-electron chi connectivity index (χ2n) is 5.52. The first-order valence-corrected chi connectivity index (χ1v) is 9.62. The summed E-state index contributed by atoms with van der Waals surface area (Å²) in [5, 5.41) is 2.60. The van der Waals surface area contributed by atoms with E-state index in [1.165, 1.54) is 18.3 Å². The lowest BCUT2D eigenvalue weighted by molar-refractivity contribution is 0.102. The monoisotopic (exact) mass is 368 g/mol. The maximum atomic E-state index is 12.4. The van der Waals surface area contributed by atoms with E-state index in [-0.39, 0.29) is 16.1 Å². The first-order valence-electron chi connectivity index (χ1n) is 7.73. The molecule has 0 unspecified atom stereocenters. The van der Waals surface area contributed by atoms with Crippen LogP contribution >= 0.6 is 0 Å². The third-order valence-corrected chi connectivity index (χ3v) is 4.65. The standard InChI is InChI=1S/C19H16N2O4S/c1-26(23,24)17-10-6-5-9-16(17)21-19(22)14-11-12-18(20-13-14)25-15-7-3-2-4-8-15/h2-13H,1H3,(H,21,22). The van der Waals surface area contributed by atoms with Gasteiger partial charge in [-0.2, -0.15) is 0 Å². The molecule has 0 atom stereocenters. The molecule has 26 heavy (non-hydrogen) atoms. The molecule has 0 aliphatic carbocycles. The maximum Gasteiger partial charge on any atom is 0.257 e. The molecule has 6 nitrogen and oxygen atoms in total. The zero-order valence-electron chi connectivity index (χ0n) is 13.9. The van der Waals surface area contributed by atoms with Gasteiger partial charge in [0.25, 0.3) is 5.91 Å². The fourth-order valence-electron chi connectivity index (χ4n) is 2.27. The molecule has 0 radical (unpaired) electrons. The summed E-state index contributed by atoms with van der Waals surface area (Å²) in [5.74, 6) is 0.531. The topological polar surface area (TPSA) is 85.4 Å². The summed E-state index contributed by atoms with van der Waals surface area (Å²) in [6.45, 7) is 0. The van der Waals surface area contributed by atoms with Crippen molar-refractivity contribution in [3.05, 3.63) is 78.5 Å². The molecule has 132 valence electrons. The number of para-hydroxylation sites is 2. The number of nitrogens with one attached hydrogen (secondary N) is 1. The normalized spacial score (nSPS) is 11.0. The Hall–Kier alpha value is -3.19. The summed E-state index contributed by atoms with van der Waals surface area (Å²) in [6.07, 6.45) is 2.46. The number of benzene rings is 2. The second-order valence-corrected chi connectivity index (χ2v) is 7.51. The predicted octanol–water partition coefficient (Wildman–Crippen LogP) is 3.53. The summed E-state index contributed by atoms with van der Waals surface area (Å²) in [7, 11) is -3.45. The van der Waals surface area contributed by atoms with Gasteiger partial charge in [-0.15, -0.1) is 0 Å². The summed E-state index contributed by atoms with van der Waals surface area (Å²) in [5.41, 5.74) is 0.512. The minimum atomic E-state index is -3.45. The summed E-state index contributed by atoms with van der Waals surface area (Å²) < 4.78 is 29.2. The van der Waals surface area contributed by atoms with Crippen LogP contribution < -0.4 is 10.1 Å². The van der Waals surface area contributed by atoms with Crippen molar-refractivity contribution < 1.29 is 17.9 Å². The lowest BCUT2D eigenvalue weighted by Crippen LogP contribution is -2.14. The average molecular weight is 368 g/mol. The van der Waals surface area contributed by atoms with Crippen molar-refractivity contribution in [2.24, 2.45) is 0 Å². The summed E-state index contributed by atoms with van der Waals surface area (Å²) in [4.78, 5) is 16.5. The van der Waals surface area contributed by atoms with Crippen LogP contribution in [-0.2, 0) is 9.84 Å². The van der Waals surface area contributed by atoms with Gasteiger partial charge in [0.05, 0.1) is 16.1 Å². The molecule has 3 rings (SSSR count). The van der Waals surface area contributed by atoms with E-state index >= 15 is 0 Å². The lowest BCUT2D eigenvalue weighted by atomic mass is 10.2. The molecule has 0 saturated carbocycles. The molecule has 2 aromatic carbocycles. The Morgan fingerprint density at radius 3 is 2.31 bits per heavy atom. The SMILES string of the molecule is CS(=O)(=O)c1ccccc1NC(=O)c1ccc(Oc2ccccc2)nc1. The van der Waals surface area contributed by atoms with Crippen molar-refractivity contribution in [2.45, 2.75) is 4.90 Å². The van der Waals surface area contributed by atoms with Gasteiger partial charge in [-0.25, -0.2) is 13.4 Å². The van der Waals surface area contributed by atoms with Gasteiger partial charge in [0.1, 0.15) is 5.75 Å². The molecule has 0 spiro atoms. The van der Waals surface area contributed by atoms with Gasteiger partial charge in [0.15, 0.2) is 9.84 Å². The zero-order chi connectivity index (χ0) is 18.6. The molecule has 1 aromatic heterocycles. The number of aromatic nitrogens is 1. The van der Waals surface area contributed by atoms with Crippen LogP contribution in [0.5, 0.6) is 11.6 Å². The Morgan fingerprint density at radius 2 is 1.65 bits per heavy atom. The van der Waals surface area contributed by atoms with Crippen molar-refractivity contribution in [2.75, 3.05) is 11.6 Å². The number of nitrogens with zero attached hydrogens (tertiary/aromatic N) is 1. The van der Waals surface area contributed by atoms with E-state index in [0.717, 1.165) is 6.26 Å². The number of amides is 1. The number of anilines is 1. The third kappa shape index (κ3) is 4.25. The van der Waals surface area contributed by atoms with E-state index in [9.17, 15) is 13.2 Å². The number of rotatable bonds is 5. The van der Waals surface area contributed by atoms with E-state index in [4.69, 9.17) is 4.74 Å². The van der Waals surface area contributed by atoms with Crippen LogP contribution in [0.4, 0.5) is 5.69 Å². The molecule has 0 bridgehead atoms. The third-order valence-electron chi connectivity index (χ3n) is 3.50. The highest BCUT2D eigenvalue weighted by Crippen LogP contribution is 2.22. The molecular weight excluding hydrogens is 352 g/mol. The van der Waals surface area contributed by atoms with E-state index in [0.29, 0.717) is 11.6 Å². The number of hydrogen-bond donors (Lipinski definition) is 1. The Morgan fingerprint density at radius 1 is 0.962 bits per heavy atom. The Labute approximate surface area is 151 Å². The van der Waals surface area contributed by atoms with E-state index in [1.807, 2.05) is 18.2 Å². The molecule has 0 aliphatic heterocycles. The fraction of sp³-hybridized carbons (Fsp3) is 0.0526. The average Bonchev–Trinajstić information content (AvgIpc) is 2.63. The molecule has 7 heteroatoms. The van der Waals surface area contributed by atoms with Crippen molar-refractivity contribution in [1.29, 1.82) is 0 Å². The molecule has 0 fully saturated rings. The molecule has 3 aromatic rings. The van der Waals surface area contributed by atoms with Crippen molar-refractivity contribution in [1.82, 2.24) is 4.98 Å². The predicted molar refractivity (Wildman–Crippen MR) is 98.3 cm³/mol. The molecule has 0 saturated heterocycles. The highest BCUT2D eigenvalue weighted by Gasteiger charge is 2.15. The van der Waals surface area contributed by atoms with Crippen molar-refractivity contribution >= 4 is 21.4 Å². The van der Waals surface area contributed by atoms with Crippen LogP contribution in [0, 0.1) is 0 Å². The number of hydrogen-bond acceptors (Lipinski definition) is 5. The summed E-state index contributed by atoms with van der Waals surface area (Å²) in [6, 6.07) is 18.5. The van der Waals surface area contributed by atoms with E-state index in [2.05, 4.69) is 10.3 Å². The van der Waals surface area contributed by atoms with Crippen LogP contribution in [0.3, 0.4) is 0 Å².